The first-order valence-electron chi connectivity index (χ1n) is 10.5. The molecule has 1 aliphatic heterocycles. The van der Waals surface area contributed by atoms with E-state index in [-0.39, 0.29) is 18.1 Å². The van der Waals surface area contributed by atoms with Gasteiger partial charge in [-0.3, -0.25) is 5.32 Å². The molecular weight excluding hydrogens is 426 g/mol. The van der Waals surface area contributed by atoms with E-state index in [0.29, 0.717) is 18.0 Å². The van der Waals surface area contributed by atoms with Gasteiger partial charge in [-0.2, -0.15) is 0 Å². The molecule has 0 fully saturated rings. The maximum absolute atomic E-state index is 12.7. The molecule has 1 aliphatic carbocycles. The van der Waals surface area contributed by atoms with Crippen LogP contribution in [0.5, 0.6) is 0 Å². The highest BCUT2D eigenvalue weighted by Gasteiger charge is 2.34. The Hall–Kier alpha value is -3.16. The lowest BCUT2D eigenvalue weighted by Gasteiger charge is -2.30. The Labute approximate surface area is 189 Å². The average Bonchev–Trinajstić information content (AvgIpc) is 3.26. The zero-order chi connectivity index (χ0) is 22.5. The molecule has 5 rings (SSSR count). The van der Waals surface area contributed by atoms with E-state index in [1.54, 1.807) is 0 Å². The first-order chi connectivity index (χ1) is 15.3. The van der Waals surface area contributed by atoms with Crippen molar-refractivity contribution in [1.29, 1.82) is 0 Å². The van der Waals surface area contributed by atoms with Gasteiger partial charge in [-0.1, -0.05) is 48.5 Å². The molecule has 2 aliphatic rings. The Balaban J connectivity index is 1.35. The minimum Gasteiger partial charge on any atom is -0.478 e. The Kier molecular flexibility index (Phi) is 5.03. The Morgan fingerprint density at radius 1 is 1.12 bits per heavy atom. The summed E-state index contributed by atoms with van der Waals surface area (Å²) in [4.78, 5) is 25.4. The number of hydrogen-bond acceptors (Lipinski definition) is 5. The molecule has 7 heteroatoms. The van der Waals surface area contributed by atoms with Crippen LogP contribution in [-0.4, -0.2) is 29.4 Å². The van der Waals surface area contributed by atoms with Crippen LogP contribution in [0, 0.1) is 0 Å². The molecule has 1 aromatic heterocycles. The number of amides is 1. The van der Waals surface area contributed by atoms with E-state index in [4.69, 9.17) is 9.47 Å². The number of carbonyl (C=O) groups excluding carboxylic acids is 1. The van der Waals surface area contributed by atoms with Crippen molar-refractivity contribution in [3.8, 4) is 11.1 Å². The molecule has 0 atom stereocenters. The van der Waals surface area contributed by atoms with Crippen molar-refractivity contribution in [3.05, 3.63) is 75.7 Å². The number of hydrogen-bond donors (Lipinski definition) is 2. The van der Waals surface area contributed by atoms with Crippen LogP contribution in [0.25, 0.3) is 11.1 Å². The van der Waals surface area contributed by atoms with Crippen LogP contribution in [0.4, 0.5) is 9.80 Å². The largest absolute Gasteiger partial charge is 0.478 e. The molecule has 0 saturated heterocycles. The smallest absolute Gasteiger partial charge is 0.412 e. The number of nitrogens with one attached hydrogen (secondary N) is 1. The quantitative estimate of drug-likeness (QED) is 0.537. The van der Waals surface area contributed by atoms with Crippen molar-refractivity contribution >= 4 is 28.4 Å². The minimum atomic E-state index is -1.06. The number of ether oxygens (including phenoxy) is 2. The normalized spacial score (nSPS) is 16.1. The van der Waals surface area contributed by atoms with Gasteiger partial charge in [0.05, 0.1) is 17.8 Å². The lowest BCUT2D eigenvalue weighted by Crippen LogP contribution is -2.31. The summed E-state index contributed by atoms with van der Waals surface area (Å²) in [6.45, 7) is 4.36. The van der Waals surface area contributed by atoms with Crippen molar-refractivity contribution in [2.24, 2.45) is 0 Å². The average molecular weight is 450 g/mol. The van der Waals surface area contributed by atoms with Gasteiger partial charge in [0.15, 0.2) is 0 Å². The second-order valence-corrected chi connectivity index (χ2v) is 9.79. The number of carbonyl (C=O) groups is 2. The van der Waals surface area contributed by atoms with E-state index in [1.165, 1.54) is 11.3 Å². The van der Waals surface area contributed by atoms with Crippen molar-refractivity contribution in [2.75, 3.05) is 11.9 Å². The zero-order valence-electron chi connectivity index (χ0n) is 17.8. The second-order valence-electron chi connectivity index (χ2n) is 8.69. The molecular formula is C25H23NO5S. The number of rotatable bonds is 4. The molecule has 164 valence electrons. The Morgan fingerprint density at radius 3 is 2.38 bits per heavy atom. The maximum atomic E-state index is 12.7. The number of aromatic carboxylic acids is 1. The molecule has 0 unspecified atom stereocenters. The van der Waals surface area contributed by atoms with Gasteiger partial charge in [-0.15, -0.1) is 11.3 Å². The number of anilines is 1. The van der Waals surface area contributed by atoms with E-state index >= 15 is 0 Å². The topological polar surface area (TPSA) is 84.9 Å². The summed E-state index contributed by atoms with van der Waals surface area (Å²) in [5.74, 6) is -1.12. The second kappa shape index (κ2) is 7.76. The van der Waals surface area contributed by atoms with Crippen LogP contribution in [-0.2, 0) is 22.5 Å². The van der Waals surface area contributed by atoms with Gasteiger partial charge in [-0.25, -0.2) is 9.59 Å². The van der Waals surface area contributed by atoms with Gasteiger partial charge < -0.3 is 14.6 Å². The summed E-state index contributed by atoms with van der Waals surface area (Å²) < 4.78 is 11.4. The van der Waals surface area contributed by atoms with E-state index in [0.717, 1.165) is 32.7 Å². The number of thiophene rings is 1. The zero-order valence-corrected chi connectivity index (χ0v) is 18.6. The van der Waals surface area contributed by atoms with Gasteiger partial charge in [0, 0.05) is 17.2 Å². The van der Waals surface area contributed by atoms with Crippen molar-refractivity contribution in [1.82, 2.24) is 0 Å². The summed E-state index contributed by atoms with van der Waals surface area (Å²) in [5.41, 5.74) is 4.97. The van der Waals surface area contributed by atoms with Crippen LogP contribution < -0.4 is 5.32 Å². The molecule has 6 nitrogen and oxygen atoms in total. The predicted molar refractivity (Wildman–Crippen MR) is 123 cm³/mol. The molecule has 2 heterocycles. The van der Waals surface area contributed by atoms with E-state index in [9.17, 15) is 14.7 Å². The fraction of sp³-hybridized carbons (Fsp3) is 0.280. The molecule has 0 spiro atoms. The van der Waals surface area contributed by atoms with Gasteiger partial charge >= 0.3 is 12.1 Å². The van der Waals surface area contributed by atoms with Crippen LogP contribution in [0.1, 0.15) is 51.7 Å². The van der Waals surface area contributed by atoms with Crippen LogP contribution in [0.3, 0.4) is 0 Å². The highest BCUT2D eigenvalue weighted by Crippen LogP contribution is 2.45. The lowest BCUT2D eigenvalue weighted by molar-refractivity contribution is -0.0384. The van der Waals surface area contributed by atoms with Gasteiger partial charge in [-0.05, 0) is 41.7 Å². The first kappa shape index (κ1) is 20.7. The summed E-state index contributed by atoms with van der Waals surface area (Å²) in [6, 6.07) is 16.2. The molecule has 0 radical (unpaired) electrons. The van der Waals surface area contributed by atoms with Crippen molar-refractivity contribution in [3.63, 3.8) is 0 Å². The third kappa shape index (κ3) is 3.57. The Bertz CT molecular complexity index is 1180. The number of benzene rings is 2. The third-order valence-corrected chi connectivity index (χ3v) is 7.18. The molecule has 0 bridgehead atoms. The third-order valence-electron chi connectivity index (χ3n) is 6.06. The fourth-order valence-corrected chi connectivity index (χ4v) is 5.70. The fourth-order valence-electron chi connectivity index (χ4n) is 4.59. The molecule has 32 heavy (non-hydrogen) atoms. The van der Waals surface area contributed by atoms with Gasteiger partial charge in [0.1, 0.15) is 11.6 Å². The monoisotopic (exact) mass is 449 g/mol. The van der Waals surface area contributed by atoms with Crippen LogP contribution >= 0.6 is 11.3 Å². The lowest BCUT2D eigenvalue weighted by atomic mass is 9.93. The summed E-state index contributed by atoms with van der Waals surface area (Å²) in [7, 11) is 0. The SMILES string of the molecule is CC1(C)Cc2c(sc(NC(=O)OCC3c4ccccc4-c4ccccc43)c2C(=O)O)CO1. The number of carboxylic acids is 1. The molecule has 2 aromatic carbocycles. The standard InChI is InChI=1S/C25H23NO5S/c1-25(2)11-18-20(13-31-25)32-22(21(18)23(27)28)26-24(29)30-12-19-16-9-5-3-7-14(16)15-8-4-6-10-17(15)19/h3-10,19H,11-13H2,1-2H3,(H,26,29)(H,27,28). The molecule has 0 saturated carbocycles. The van der Waals surface area contributed by atoms with Gasteiger partial charge in [0.25, 0.3) is 0 Å². The number of fused-ring (bicyclic) bond motifs is 4. The van der Waals surface area contributed by atoms with Crippen molar-refractivity contribution in [2.45, 2.75) is 38.4 Å². The van der Waals surface area contributed by atoms with E-state index < -0.39 is 17.7 Å². The molecule has 2 N–H and O–H groups in total. The summed E-state index contributed by atoms with van der Waals surface area (Å²) in [6.07, 6.45) is -0.180. The summed E-state index contributed by atoms with van der Waals surface area (Å²) in [5, 5.41) is 12.8. The predicted octanol–water partition coefficient (Wildman–Crippen LogP) is 5.66. The van der Waals surface area contributed by atoms with Crippen LogP contribution in [0.2, 0.25) is 0 Å². The van der Waals surface area contributed by atoms with Crippen molar-refractivity contribution < 1.29 is 24.2 Å². The van der Waals surface area contributed by atoms with E-state index in [1.807, 2.05) is 38.1 Å². The highest BCUT2D eigenvalue weighted by molar-refractivity contribution is 7.16. The van der Waals surface area contributed by atoms with Crippen LogP contribution in [0.15, 0.2) is 48.5 Å². The minimum absolute atomic E-state index is 0.0576. The highest BCUT2D eigenvalue weighted by atomic mass is 32.1. The Morgan fingerprint density at radius 2 is 1.75 bits per heavy atom. The van der Waals surface area contributed by atoms with Gasteiger partial charge in [0.2, 0.25) is 0 Å². The molecule has 3 aromatic rings. The number of carboxylic acid groups (broad SMARTS) is 1. The first-order valence-corrected chi connectivity index (χ1v) is 11.3. The van der Waals surface area contributed by atoms with E-state index in [2.05, 4.69) is 29.6 Å². The summed E-state index contributed by atoms with van der Waals surface area (Å²) >= 11 is 1.24. The molecule has 1 amide bonds. The maximum Gasteiger partial charge on any atom is 0.412 e.